The number of benzene rings is 2. The van der Waals surface area contributed by atoms with Gasteiger partial charge in [0, 0.05) is 36.7 Å². The molecule has 1 fully saturated rings. The van der Waals surface area contributed by atoms with Crippen LogP contribution in [0.3, 0.4) is 0 Å². The lowest BCUT2D eigenvalue weighted by molar-refractivity contribution is 0.485. The van der Waals surface area contributed by atoms with Crippen LogP contribution >= 0.6 is 0 Å². The Bertz CT molecular complexity index is 567. The Labute approximate surface area is 106 Å². The quantitative estimate of drug-likeness (QED) is 0.829. The van der Waals surface area contributed by atoms with Gasteiger partial charge in [0.15, 0.2) is 0 Å². The Balaban J connectivity index is 2.05. The highest BCUT2D eigenvalue weighted by molar-refractivity contribution is 5.94. The number of nitrogens with one attached hydrogen (secondary N) is 1. The zero-order valence-corrected chi connectivity index (χ0v) is 10.5. The number of piperazine rings is 1. The van der Waals surface area contributed by atoms with E-state index < -0.39 is 0 Å². The molecule has 0 radical (unpaired) electrons. The van der Waals surface area contributed by atoms with Gasteiger partial charge in [0.25, 0.3) is 0 Å². The number of hydrogen-bond donors (Lipinski definition) is 1. The van der Waals surface area contributed by atoms with Crippen LogP contribution in [-0.4, -0.2) is 25.7 Å². The van der Waals surface area contributed by atoms with Crippen LogP contribution in [0.2, 0.25) is 0 Å². The maximum absolute atomic E-state index is 13.2. The van der Waals surface area contributed by atoms with E-state index in [2.05, 4.69) is 23.2 Å². The van der Waals surface area contributed by atoms with E-state index in [-0.39, 0.29) is 5.82 Å². The summed E-state index contributed by atoms with van der Waals surface area (Å²) in [6.07, 6.45) is 0. The molecule has 1 saturated heterocycles. The molecular weight excluding hydrogens is 227 g/mol. The summed E-state index contributed by atoms with van der Waals surface area (Å²) in [5, 5.41) is 5.54. The molecule has 18 heavy (non-hydrogen) atoms. The SMILES string of the molecule is C[C@H]1CN(c2cccc3cc(F)ccc23)CCN1. The van der Waals surface area contributed by atoms with E-state index >= 15 is 0 Å². The first-order chi connectivity index (χ1) is 8.74. The normalized spacial score (nSPS) is 20.3. The van der Waals surface area contributed by atoms with Crippen LogP contribution < -0.4 is 10.2 Å². The van der Waals surface area contributed by atoms with Gasteiger partial charge in [0.05, 0.1) is 0 Å². The first-order valence-electron chi connectivity index (χ1n) is 6.40. The minimum Gasteiger partial charge on any atom is -0.368 e. The van der Waals surface area contributed by atoms with Crippen molar-refractivity contribution in [1.82, 2.24) is 5.32 Å². The Hall–Kier alpha value is -1.61. The third-order valence-corrected chi connectivity index (χ3v) is 3.53. The molecule has 0 amide bonds. The van der Waals surface area contributed by atoms with E-state index in [1.54, 1.807) is 6.07 Å². The van der Waals surface area contributed by atoms with Gasteiger partial charge in [-0.25, -0.2) is 4.39 Å². The van der Waals surface area contributed by atoms with Gasteiger partial charge in [-0.15, -0.1) is 0 Å². The fourth-order valence-corrected chi connectivity index (χ4v) is 2.66. The molecule has 1 atom stereocenters. The molecule has 0 saturated carbocycles. The van der Waals surface area contributed by atoms with Gasteiger partial charge in [0.2, 0.25) is 0 Å². The molecule has 0 spiro atoms. The second kappa shape index (κ2) is 4.58. The van der Waals surface area contributed by atoms with Gasteiger partial charge >= 0.3 is 0 Å². The van der Waals surface area contributed by atoms with Crippen molar-refractivity contribution in [3.8, 4) is 0 Å². The van der Waals surface area contributed by atoms with Gasteiger partial charge in [-0.3, -0.25) is 0 Å². The average Bonchev–Trinajstić information content (AvgIpc) is 2.37. The lowest BCUT2D eigenvalue weighted by Gasteiger charge is -2.34. The molecule has 2 nitrogen and oxygen atoms in total. The summed E-state index contributed by atoms with van der Waals surface area (Å²) in [4.78, 5) is 2.38. The Morgan fingerprint density at radius 1 is 1.28 bits per heavy atom. The highest BCUT2D eigenvalue weighted by Gasteiger charge is 2.17. The summed E-state index contributed by atoms with van der Waals surface area (Å²) in [6, 6.07) is 11.6. The van der Waals surface area contributed by atoms with E-state index in [1.165, 1.54) is 11.8 Å². The molecule has 0 unspecified atom stereocenters. The van der Waals surface area contributed by atoms with Gasteiger partial charge in [-0.2, -0.15) is 0 Å². The molecule has 0 aromatic heterocycles. The topological polar surface area (TPSA) is 15.3 Å². The zero-order chi connectivity index (χ0) is 12.5. The maximum Gasteiger partial charge on any atom is 0.123 e. The number of anilines is 1. The van der Waals surface area contributed by atoms with Crippen molar-refractivity contribution in [2.45, 2.75) is 13.0 Å². The lowest BCUT2D eigenvalue weighted by Crippen LogP contribution is -2.49. The van der Waals surface area contributed by atoms with Crippen LogP contribution in [0.15, 0.2) is 36.4 Å². The van der Waals surface area contributed by atoms with E-state index in [0.717, 1.165) is 30.4 Å². The summed E-state index contributed by atoms with van der Waals surface area (Å²) in [5.74, 6) is -0.173. The summed E-state index contributed by atoms with van der Waals surface area (Å²) < 4.78 is 13.2. The van der Waals surface area contributed by atoms with Crippen molar-refractivity contribution in [3.63, 3.8) is 0 Å². The largest absolute Gasteiger partial charge is 0.368 e. The Morgan fingerprint density at radius 3 is 3.00 bits per heavy atom. The molecule has 2 aromatic carbocycles. The standard InChI is InChI=1S/C15H17FN2/c1-11-10-18(8-7-17-11)15-4-2-3-12-9-13(16)5-6-14(12)15/h2-6,9,11,17H,7-8,10H2,1H3/t11-/m0/s1. The van der Waals surface area contributed by atoms with Crippen molar-refractivity contribution in [2.75, 3.05) is 24.5 Å². The molecule has 1 aliphatic heterocycles. The number of halogens is 1. The summed E-state index contributed by atoms with van der Waals surface area (Å²) in [6.45, 7) is 5.19. The van der Waals surface area contributed by atoms with Crippen molar-refractivity contribution >= 4 is 16.5 Å². The van der Waals surface area contributed by atoms with E-state index in [1.807, 2.05) is 18.2 Å². The van der Waals surface area contributed by atoms with Gasteiger partial charge in [-0.05, 0) is 36.6 Å². The average molecular weight is 244 g/mol. The second-order valence-corrected chi connectivity index (χ2v) is 4.94. The highest BCUT2D eigenvalue weighted by Crippen LogP contribution is 2.28. The monoisotopic (exact) mass is 244 g/mol. The van der Waals surface area contributed by atoms with E-state index in [0.29, 0.717) is 6.04 Å². The minimum absolute atomic E-state index is 0.173. The third kappa shape index (κ3) is 2.06. The number of rotatable bonds is 1. The molecular formula is C15H17FN2. The number of hydrogen-bond acceptors (Lipinski definition) is 2. The highest BCUT2D eigenvalue weighted by atomic mass is 19.1. The number of fused-ring (bicyclic) bond motifs is 1. The van der Waals surface area contributed by atoms with Crippen LogP contribution in [0.1, 0.15) is 6.92 Å². The molecule has 3 heteroatoms. The van der Waals surface area contributed by atoms with Gasteiger partial charge in [-0.1, -0.05) is 12.1 Å². The first-order valence-corrected chi connectivity index (χ1v) is 6.40. The van der Waals surface area contributed by atoms with E-state index in [4.69, 9.17) is 0 Å². The van der Waals surface area contributed by atoms with E-state index in [9.17, 15) is 4.39 Å². The van der Waals surface area contributed by atoms with Crippen molar-refractivity contribution in [1.29, 1.82) is 0 Å². The minimum atomic E-state index is -0.173. The van der Waals surface area contributed by atoms with Gasteiger partial charge < -0.3 is 10.2 Å². The van der Waals surface area contributed by atoms with Gasteiger partial charge in [0.1, 0.15) is 5.82 Å². The fourth-order valence-electron chi connectivity index (χ4n) is 2.66. The molecule has 0 bridgehead atoms. The van der Waals surface area contributed by atoms with Crippen LogP contribution in [-0.2, 0) is 0 Å². The van der Waals surface area contributed by atoms with Crippen molar-refractivity contribution in [2.24, 2.45) is 0 Å². The third-order valence-electron chi connectivity index (χ3n) is 3.53. The first kappa shape index (κ1) is 11.5. The van der Waals surface area contributed by atoms with Crippen LogP contribution in [0, 0.1) is 5.82 Å². The molecule has 0 aliphatic carbocycles. The molecule has 1 aliphatic rings. The summed E-state index contributed by atoms with van der Waals surface area (Å²) in [7, 11) is 0. The molecule has 94 valence electrons. The molecule has 2 aromatic rings. The Kier molecular flexibility index (Phi) is 2.92. The maximum atomic E-state index is 13.2. The summed E-state index contributed by atoms with van der Waals surface area (Å²) in [5.41, 5.74) is 1.21. The summed E-state index contributed by atoms with van der Waals surface area (Å²) >= 11 is 0. The Morgan fingerprint density at radius 2 is 2.17 bits per heavy atom. The second-order valence-electron chi connectivity index (χ2n) is 4.94. The lowest BCUT2D eigenvalue weighted by atomic mass is 10.1. The molecule has 1 heterocycles. The fraction of sp³-hybridized carbons (Fsp3) is 0.333. The van der Waals surface area contributed by atoms with Crippen molar-refractivity contribution in [3.05, 3.63) is 42.2 Å². The number of nitrogens with zero attached hydrogens (tertiary/aromatic N) is 1. The van der Waals surface area contributed by atoms with Crippen molar-refractivity contribution < 1.29 is 4.39 Å². The predicted molar refractivity (Wildman–Crippen MR) is 73.6 cm³/mol. The molecule has 3 rings (SSSR count). The molecule has 1 N–H and O–H groups in total. The van der Waals surface area contributed by atoms with Crippen LogP contribution in [0.5, 0.6) is 0 Å². The predicted octanol–water partition coefficient (Wildman–Crippen LogP) is 2.78. The zero-order valence-electron chi connectivity index (χ0n) is 10.5. The smallest absolute Gasteiger partial charge is 0.123 e. The van der Waals surface area contributed by atoms with Crippen LogP contribution in [0.4, 0.5) is 10.1 Å². The van der Waals surface area contributed by atoms with Crippen LogP contribution in [0.25, 0.3) is 10.8 Å².